The average Bonchev–Trinajstić information content (AvgIpc) is 3.15. The number of ether oxygens (including phenoxy) is 1. The molecule has 0 saturated heterocycles. The highest BCUT2D eigenvalue weighted by Crippen LogP contribution is 2.32. The molecule has 0 atom stereocenters. The van der Waals surface area contributed by atoms with Crippen LogP contribution in [0.2, 0.25) is 0 Å². The van der Waals surface area contributed by atoms with Crippen molar-refractivity contribution in [1.82, 2.24) is 10.3 Å². The number of halogens is 1. The molecule has 0 spiro atoms. The van der Waals surface area contributed by atoms with Crippen molar-refractivity contribution >= 4 is 0 Å². The third kappa shape index (κ3) is 5.15. The van der Waals surface area contributed by atoms with Gasteiger partial charge in [0.15, 0.2) is 0 Å². The maximum atomic E-state index is 13.2. The molecule has 2 rings (SSSR count). The van der Waals surface area contributed by atoms with Crippen LogP contribution in [0, 0.1) is 17.7 Å². The molecule has 1 aromatic heterocycles. The molecule has 0 aliphatic heterocycles. The van der Waals surface area contributed by atoms with Gasteiger partial charge >= 0.3 is 0 Å². The van der Waals surface area contributed by atoms with E-state index in [0.29, 0.717) is 24.9 Å². The minimum Gasteiger partial charge on any atom is -0.477 e. The predicted octanol–water partition coefficient (Wildman–Crippen LogP) is 3.15. The van der Waals surface area contributed by atoms with E-state index < -0.39 is 0 Å². The molecule has 3 nitrogen and oxygen atoms in total. The summed E-state index contributed by atoms with van der Waals surface area (Å²) in [5.74, 6) is 1.66. The summed E-state index contributed by atoms with van der Waals surface area (Å²) in [5.41, 5.74) is 0.802. The van der Waals surface area contributed by atoms with Gasteiger partial charge in [0, 0.05) is 12.1 Å². The van der Waals surface area contributed by atoms with E-state index in [9.17, 15) is 4.39 Å². The molecule has 0 unspecified atom stereocenters. The highest BCUT2D eigenvalue weighted by Gasteiger charge is 2.21. The Morgan fingerprint density at radius 1 is 1.47 bits per heavy atom. The van der Waals surface area contributed by atoms with Crippen molar-refractivity contribution in [3.8, 4) is 5.88 Å². The Labute approximate surface area is 114 Å². The first-order valence-electron chi connectivity index (χ1n) is 7.13. The number of nitrogens with zero attached hydrogens (tertiary/aromatic N) is 1. The van der Waals surface area contributed by atoms with E-state index in [1.54, 1.807) is 0 Å². The van der Waals surface area contributed by atoms with Gasteiger partial charge in [-0.25, -0.2) is 9.37 Å². The molecule has 1 fully saturated rings. The van der Waals surface area contributed by atoms with Crippen molar-refractivity contribution < 1.29 is 9.13 Å². The average molecular weight is 266 g/mol. The Kier molecular flexibility index (Phi) is 5.14. The zero-order valence-corrected chi connectivity index (χ0v) is 11.8. The zero-order valence-electron chi connectivity index (χ0n) is 11.8. The number of nitrogens with one attached hydrogen (secondary N) is 1. The van der Waals surface area contributed by atoms with E-state index in [1.165, 1.54) is 25.1 Å². The highest BCUT2D eigenvalue weighted by molar-refractivity contribution is 5.26. The van der Waals surface area contributed by atoms with E-state index in [2.05, 4.69) is 24.1 Å². The first-order chi connectivity index (χ1) is 9.15. The van der Waals surface area contributed by atoms with Crippen molar-refractivity contribution in [2.45, 2.75) is 39.7 Å². The summed E-state index contributed by atoms with van der Waals surface area (Å²) in [6.07, 6.45) is 4.95. The van der Waals surface area contributed by atoms with Crippen LogP contribution in [0.4, 0.5) is 4.39 Å². The normalized spacial score (nSPS) is 14.9. The third-order valence-corrected chi connectivity index (χ3v) is 3.22. The molecular weight excluding hydrogens is 243 g/mol. The van der Waals surface area contributed by atoms with Crippen molar-refractivity contribution in [1.29, 1.82) is 0 Å². The Morgan fingerprint density at radius 3 is 2.95 bits per heavy atom. The summed E-state index contributed by atoms with van der Waals surface area (Å²) in [6, 6.07) is 1.51. The SMILES string of the molecule is CC(C)CNCc1cc(F)cnc1OCCC1CC1. The molecule has 0 radical (unpaired) electrons. The molecule has 1 saturated carbocycles. The summed E-state index contributed by atoms with van der Waals surface area (Å²) in [6.45, 7) is 6.47. The van der Waals surface area contributed by atoms with Gasteiger partial charge in [-0.15, -0.1) is 0 Å². The van der Waals surface area contributed by atoms with Crippen LogP contribution in [-0.4, -0.2) is 18.1 Å². The Balaban J connectivity index is 1.87. The maximum Gasteiger partial charge on any atom is 0.218 e. The number of hydrogen-bond acceptors (Lipinski definition) is 3. The highest BCUT2D eigenvalue weighted by atomic mass is 19.1. The van der Waals surface area contributed by atoms with E-state index in [1.807, 2.05) is 0 Å². The summed E-state index contributed by atoms with van der Waals surface area (Å²) in [5, 5.41) is 3.29. The van der Waals surface area contributed by atoms with Gasteiger partial charge in [0.25, 0.3) is 0 Å². The molecule has 4 heteroatoms. The summed E-state index contributed by atoms with van der Waals surface area (Å²) in [4.78, 5) is 4.06. The molecule has 1 aliphatic carbocycles. The van der Waals surface area contributed by atoms with Crippen molar-refractivity contribution in [2.75, 3.05) is 13.2 Å². The second-order valence-corrected chi connectivity index (χ2v) is 5.72. The van der Waals surface area contributed by atoms with E-state index in [0.717, 1.165) is 24.4 Å². The van der Waals surface area contributed by atoms with Gasteiger partial charge in [-0.1, -0.05) is 26.7 Å². The molecule has 106 valence electrons. The third-order valence-electron chi connectivity index (χ3n) is 3.22. The molecule has 1 aliphatic rings. The lowest BCUT2D eigenvalue weighted by Gasteiger charge is -2.12. The monoisotopic (exact) mass is 266 g/mol. The molecule has 1 heterocycles. The van der Waals surface area contributed by atoms with Crippen LogP contribution in [0.3, 0.4) is 0 Å². The van der Waals surface area contributed by atoms with Gasteiger partial charge < -0.3 is 10.1 Å². The second-order valence-electron chi connectivity index (χ2n) is 5.72. The van der Waals surface area contributed by atoms with E-state index in [4.69, 9.17) is 4.74 Å². The van der Waals surface area contributed by atoms with Gasteiger partial charge in [0.05, 0.1) is 12.8 Å². The van der Waals surface area contributed by atoms with Gasteiger partial charge in [-0.05, 0) is 30.9 Å². The first kappa shape index (κ1) is 14.3. The fourth-order valence-corrected chi connectivity index (χ4v) is 1.95. The van der Waals surface area contributed by atoms with Crippen molar-refractivity contribution in [3.63, 3.8) is 0 Å². The van der Waals surface area contributed by atoms with Crippen LogP contribution in [0.25, 0.3) is 0 Å². The summed E-state index contributed by atoms with van der Waals surface area (Å²) >= 11 is 0. The minimum atomic E-state index is -0.309. The van der Waals surface area contributed by atoms with Gasteiger partial charge in [-0.3, -0.25) is 0 Å². The molecule has 0 aromatic carbocycles. The molecule has 1 N–H and O–H groups in total. The number of rotatable bonds is 8. The van der Waals surface area contributed by atoms with Crippen LogP contribution >= 0.6 is 0 Å². The van der Waals surface area contributed by atoms with Crippen LogP contribution in [0.1, 0.15) is 38.7 Å². The number of aromatic nitrogens is 1. The van der Waals surface area contributed by atoms with Crippen LogP contribution < -0.4 is 10.1 Å². The fraction of sp³-hybridized carbons (Fsp3) is 0.667. The van der Waals surface area contributed by atoms with E-state index >= 15 is 0 Å². The van der Waals surface area contributed by atoms with E-state index in [-0.39, 0.29) is 5.82 Å². The number of hydrogen-bond donors (Lipinski definition) is 1. The second kappa shape index (κ2) is 6.85. The van der Waals surface area contributed by atoms with Crippen molar-refractivity contribution in [3.05, 3.63) is 23.6 Å². The summed E-state index contributed by atoms with van der Waals surface area (Å²) in [7, 11) is 0. The standard InChI is InChI=1S/C15H23FN2O/c1-11(2)8-17-9-13-7-14(16)10-18-15(13)19-6-5-12-3-4-12/h7,10-12,17H,3-6,8-9H2,1-2H3. The first-order valence-corrected chi connectivity index (χ1v) is 7.13. The molecule has 1 aromatic rings. The van der Waals surface area contributed by atoms with Crippen molar-refractivity contribution in [2.24, 2.45) is 11.8 Å². The zero-order chi connectivity index (χ0) is 13.7. The van der Waals surface area contributed by atoms with Crippen LogP contribution in [-0.2, 0) is 6.54 Å². The number of pyridine rings is 1. The predicted molar refractivity (Wildman–Crippen MR) is 73.6 cm³/mol. The Hall–Kier alpha value is -1.16. The maximum absolute atomic E-state index is 13.2. The topological polar surface area (TPSA) is 34.2 Å². The molecule has 19 heavy (non-hydrogen) atoms. The molecule has 0 bridgehead atoms. The van der Waals surface area contributed by atoms with Crippen LogP contribution in [0.5, 0.6) is 5.88 Å². The lowest BCUT2D eigenvalue weighted by Crippen LogP contribution is -2.20. The summed E-state index contributed by atoms with van der Waals surface area (Å²) < 4.78 is 18.9. The smallest absolute Gasteiger partial charge is 0.218 e. The minimum absolute atomic E-state index is 0.309. The van der Waals surface area contributed by atoms with Crippen LogP contribution in [0.15, 0.2) is 12.3 Å². The van der Waals surface area contributed by atoms with Gasteiger partial charge in [-0.2, -0.15) is 0 Å². The molecule has 0 amide bonds. The lowest BCUT2D eigenvalue weighted by atomic mass is 10.2. The fourth-order valence-electron chi connectivity index (χ4n) is 1.95. The van der Waals surface area contributed by atoms with Gasteiger partial charge in [0.1, 0.15) is 5.82 Å². The lowest BCUT2D eigenvalue weighted by molar-refractivity contribution is 0.286. The largest absolute Gasteiger partial charge is 0.477 e. The Morgan fingerprint density at radius 2 is 2.26 bits per heavy atom. The molecular formula is C15H23FN2O. The Bertz CT molecular complexity index is 405. The quantitative estimate of drug-likeness (QED) is 0.785. The van der Waals surface area contributed by atoms with Gasteiger partial charge in [0.2, 0.25) is 5.88 Å².